The molecule has 1 aromatic rings. The fourth-order valence-electron chi connectivity index (χ4n) is 1.27. The predicted octanol–water partition coefficient (Wildman–Crippen LogP) is 1.75. The monoisotopic (exact) mass is 244 g/mol. The molecular formula is C9H4F4N4. The van der Waals surface area contributed by atoms with Gasteiger partial charge in [-0.25, -0.2) is 4.39 Å². The molecule has 88 valence electrons. The minimum absolute atomic E-state index is 0.699. The first-order valence-corrected chi connectivity index (χ1v) is 4.03. The molecule has 17 heavy (non-hydrogen) atoms. The van der Waals surface area contributed by atoms with Crippen LogP contribution in [0.4, 0.5) is 28.9 Å². The molecule has 0 aliphatic carbocycles. The van der Waals surface area contributed by atoms with E-state index in [-0.39, 0.29) is 0 Å². The molecule has 0 saturated carbocycles. The first-order chi connectivity index (χ1) is 7.75. The number of hydrogen-bond acceptors (Lipinski definition) is 4. The van der Waals surface area contributed by atoms with E-state index in [2.05, 4.69) is 0 Å². The van der Waals surface area contributed by atoms with E-state index in [1.54, 1.807) is 0 Å². The second-order valence-corrected chi connectivity index (χ2v) is 2.99. The van der Waals surface area contributed by atoms with Gasteiger partial charge in [0.2, 0.25) is 0 Å². The summed E-state index contributed by atoms with van der Waals surface area (Å²) in [4.78, 5) is 0. The van der Waals surface area contributed by atoms with E-state index >= 15 is 0 Å². The van der Waals surface area contributed by atoms with Gasteiger partial charge in [-0.3, -0.25) is 0 Å². The van der Waals surface area contributed by atoms with E-state index in [1.807, 2.05) is 0 Å². The Balaban J connectivity index is 3.88. The summed E-state index contributed by atoms with van der Waals surface area (Å²) in [5, 5.41) is 17.2. The number of nitrogens with two attached hydrogens (primary N) is 2. The van der Waals surface area contributed by atoms with Crippen LogP contribution < -0.4 is 11.5 Å². The Kier molecular flexibility index (Phi) is 2.84. The molecule has 0 amide bonds. The summed E-state index contributed by atoms with van der Waals surface area (Å²) >= 11 is 0. The maximum Gasteiger partial charge on any atom is 0.421 e. The highest BCUT2D eigenvalue weighted by Gasteiger charge is 2.40. The number of hydrogen-bond donors (Lipinski definition) is 2. The van der Waals surface area contributed by atoms with Gasteiger partial charge in [0, 0.05) is 0 Å². The van der Waals surface area contributed by atoms with Crippen molar-refractivity contribution in [3.8, 4) is 12.1 Å². The lowest BCUT2D eigenvalue weighted by molar-refractivity contribution is -0.139. The van der Waals surface area contributed by atoms with Crippen LogP contribution in [0.5, 0.6) is 0 Å². The van der Waals surface area contributed by atoms with Gasteiger partial charge in [0.05, 0.1) is 22.5 Å². The normalized spacial score (nSPS) is 10.7. The van der Waals surface area contributed by atoms with E-state index in [0.29, 0.717) is 0 Å². The summed E-state index contributed by atoms with van der Waals surface area (Å²) in [5.74, 6) is -1.84. The Labute approximate surface area is 92.7 Å². The minimum Gasteiger partial charge on any atom is -0.397 e. The second-order valence-electron chi connectivity index (χ2n) is 2.99. The van der Waals surface area contributed by atoms with Crippen molar-refractivity contribution < 1.29 is 17.6 Å². The summed E-state index contributed by atoms with van der Waals surface area (Å²) in [6.45, 7) is 0. The van der Waals surface area contributed by atoms with Crippen molar-refractivity contribution in [3.05, 3.63) is 22.5 Å². The Morgan fingerprint density at radius 2 is 1.35 bits per heavy atom. The lowest BCUT2D eigenvalue weighted by Crippen LogP contribution is -2.16. The molecule has 0 spiro atoms. The maximum atomic E-state index is 13.3. The van der Waals surface area contributed by atoms with Gasteiger partial charge in [-0.05, 0) is 0 Å². The number of nitrogens with zero attached hydrogens (tertiary/aromatic N) is 2. The smallest absolute Gasteiger partial charge is 0.397 e. The zero-order valence-corrected chi connectivity index (χ0v) is 8.06. The highest BCUT2D eigenvalue weighted by Crippen LogP contribution is 2.40. The van der Waals surface area contributed by atoms with Gasteiger partial charge < -0.3 is 11.5 Å². The van der Waals surface area contributed by atoms with E-state index in [4.69, 9.17) is 22.0 Å². The molecule has 0 atom stereocenters. The van der Waals surface area contributed by atoms with Crippen LogP contribution in [0.15, 0.2) is 0 Å². The van der Waals surface area contributed by atoms with Crippen LogP contribution in [0.25, 0.3) is 0 Å². The third-order valence-electron chi connectivity index (χ3n) is 2.02. The average Bonchev–Trinajstić information content (AvgIpc) is 2.21. The van der Waals surface area contributed by atoms with Crippen LogP contribution >= 0.6 is 0 Å². The summed E-state index contributed by atoms with van der Waals surface area (Å²) in [6, 6.07) is 2.64. The molecule has 0 aliphatic heterocycles. The molecule has 0 aliphatic rings. The van der Waals surface area contributed by atoms with Crippen molar-refractivity contribution in [3.63, 3.8) is 0 Å². The summed E-state index contributed by atoms with van der Waals surface area (Å²) in [7, 11) is 0. The van der Waals surface area contributed by atoms with E-state index in [9.17, 15) is 17.6 Å². The summed E-state index contributed by atoms with van der Waals surface area (Å²) in [5.41, 5.74) is 4.59. The zero-order chi connectivity index (χ0) is 13.4. The highest BCUT2D eigenvalue weighted by atomic mass is 19.4. The van der Waals surface area contributed by atoms with Gasteiger partial charge in [-0.2, -0.15) is 23.7 Å². The average molecular weight is 244 g/mol. The summed E-state index contributed by atoms with van der Waals surface area (Å²) in [6.07, 6.45) is -5.10. The summed E-state index contributed by atoms with van der Waals surface area (Å²) < 4.78 is 50.8. The van der Waals surface area contributed by atoms with Crippen molar-refractivity contribution in [2.75, 3.05) is 11.5 Å². The fraction of sp³-hybridized carbons (Fsp3) is 0.111. The van der Waals surface area contributed by atoms with Crippen LogP contribution in [-0.4, -0.2) is 0 Å². The van der Waals surface area contributed by atoms with E-state index in [1.165, 1.54) is 12.1 Å². The highest BCUT2D eigenvalue weighted by molar-refractivity contribution is 5.75. The molecule has 0 unspecified atom stereocenters. The molecule has 0 radical (unpaired) electrons. The molecule has 0 aromatic heterocycles. The van der Waals surface area contributed by atoms with E-state index in [0.717, 1.165) is 0 Å². The second kappa shape index (κ2) is 3.83. The van der Waals surface area contributed by atoms with Crippen molar-refractivity contribution in [2.24, 2.45) is 0 Å². The largest absolute Gasteiger partial charge is 0.421 e. The van der Waals surface area contributed by atoms with Gasteiger partial charge in [0.1, 0.15) is 17.7 Å². The third kappa shape index (κ3) is 1.81. The number of rotatable bonds is 0. The number of benzene rings is 1. The predicted molar refractivity (Wildman–Crippen MR) is 49.7 cm³/mol. The van der Waals surface area contributed by atoms with Crippen LogP contribution in [0.2, 0.25) is 0 Å². The number of alkyl halides is 3. The first-order valence-electron chi connectivity index (χ1n) is 4.03. The topological polar surface area (TPSA) is 99.6 Å². The lowest BCUT2D eigenvalue weighted by Gasteiger charge is -2.14. The Morgan fingerprint density at radius 1 is 0.941 bits per heavy atom. The molecular weight excluding hydrogens is 240 g/mol. The van der Waals surface area contributed by atoms with Crippen molar-refractivity contribution >= 4 is 11.4 Å². The SMILES string of the molecule is N#Cc1c(N)c(F)c(C(F)(F)F)c(N)c1C#N. The molecule has 8 heteroatoms. The minimum atomic E-state index is -5.10. The molecule has 4 N–H and O–H groups in total. The van der Waals surface area contributed by atoms with Crippen molar-refractivity contribution in [1.82, 2.24) is 0 Å². The van der Waals surface area contributed by atoms with Gasteiger partial charge in [-0.15, -0.1) is 0 Å². The molecule has 0 fully saturated rings. The Morgan fingerprint density at radius 3 is 1.71 bits per heavy atom. The maximum absolute atomic E-state index is 13.3. The van der Waals surface area contributed by atoms with Gasteiger partial charge in [0.15, 0.2) is 5.82 Å². The number of nitriles is 2. The first kappa shape index (κ1) is 12.6. The molecule has 1 aromatic carbocycles. The number of nitrogen functional groups attached to an aromatic ring is 2. The number of halogens is 4. The lowest BCUT2D eigenvalue weighted by atomic mass is 9.99. The van der Waals surface area contributed by atoms with Crippen molar-refractivity contribution in [1.29, 1.82) is 10.5 Å². The van der Waals surface area contributed by atoms with E-state index < -0.39 is 40.1 Å². The van der Waals surface area contributed by atoms with Crippen LogP contribution in [0, 0.1) is 28.5 Å². The van der Waals surface area contributed by atoms with Crippen LogP contribution in [-0.2, 0) is 6.18 Å². The molecule has 0 bridgehead atoms. The standard InChI is InChI=1S/C9H4F4N4/c10-6-5(9(11,12)13)7(16)3(1-14)4(2-15)8(6)17/h16-17H2. The third-order valence-corrected chi connectivity index (χ3v) is 2.02. The molecule has 0 saturated heterocycles. The Hall–Kier alpha value is -2.48. The molecule has 1 rings (SSSR count). The fourth-order valence-corrected chi connectivity index (χ4v) is 1.27. The van der Waals surface area contributed by atoms with Gasteiger partial charge in [0.25, 0.3) is 0 Å². The van der Waals surface area contributed by atoms with Crippen LogP contribution in [0.1, 0.15) is 16.7 Å². The molecule has 4 nitrogen and oxygen atoms in total. The van der Waals surface area contributed by atoms with Gasteiger partial charge in [-0.1, -0.05) is 0 Å². The number of anilines is 2. The Bertz CT molecular complexity index is 563. The van der Waals surface area contributed by atoms with Crippen LogP contribution in [0.3, 0.4) is 0 Å². The molecule has 0 heterocycles. The zero-order valence-electron chi connectivity index (χ0n) is 8.06. The van der Waals surface area contributed by atoms with Crippen molar-refractivity contribution in [2.45, 2.75) is 6.18 Å². The quantitative estimate of drug-likeness (QED) is 0.536. The van der Waals surface area contributed by atoms with Gasteiger partial charge >= 0.3 is 6.18 Å².